The van der Waals surface area contributed by atoms with Crippen molar-refractivity contribution in [1.29, 1.82) is 0 Å². The largest absolute Gasteiger partial charge is 0.399 e. The van der Waals surface area contributed by atoms with Crippen molar-refractivity contribution in [2.75, 3.05) is 24.7 Å². The van der Waals surface area contributed by atoms with Crippen LogP contribution >= 0.6 is 0 Å². The molecule has 0 bridgehead atoms. The Morgan fingerprint density at radius 3 is 2.35 bits per heavy atom. The van der Waals surface area contributed by atoms with Gasteiger partial charge in [0.2, 0.25) is 5.91 Å². The van der Waals surface area contributed by atoms with E-state index < -0.39 is 0 Å². The highest BCUT2D eigenvalue weighted by Gasteiger charge is 2.20. The van der Waals surface area contributed by atoms with Gasteiger partial charge >= 0.3 is 0 Å². The lowest BCUT2D eigenvalue weighted by Gasteiger charge is -2.30. The second-order valence-corrected chi connectivity index (χ2v) is 6.02. The van der Waals surface area contributed by atoms with Crippen LogP contribution < -0.4 is 10.6 Å². The first-order valence-corrected chi connectivity index (χ1v) is 7.78. The fraction of sp³-hybridized carbons (Fsp3) is 0.316. The summed E-state index contributed by atoms with van der Waals surface area (Å²) in [7, 11) is 3.99. The molecule has 0 heterocycles. The summed E-state index contributed by atoms with van der Waals surface area (Å²) in [4.78, 5) is 16.1. The van der Waals surface area contributed by atoms with Gasteiger partial charge in [0.25, 0.3) is 0 Å². The second-order valence-electron chi connectivity index (χ2n) is 6.02. The van der Waals surface area contributed by atoms with Crippen molar-refractivity contribution in [3.63, 3.8) is 0 Å². The van der Waals surface area contributed by atoms with Crippen LogP contribution in [-0.2, 0) is 11.3 Å². The van der Waals surface area contributed by atoms with E-state index in [9.17, 15) is 4.79 Å². The van der Waals surface area contributed by atoms with E-state index in [0.717, 1.165) is 16.8 Å². The van der Waals surface area contributed by atoms with Gasteiger partial charge in [0.15, 0.2) is 0 Å². The van der Waals surface area contributed by atoms with Crippen LogP contribution in [0.3, 0.4) is 0 Å². The molecule has 0 fully saturated rings. The molecule has 1 atom stereocenters. The number of nitrogen functional groups attached to an aromatic ring is 1. The number of carbonyl (C=O) groups is 1. The number of hydrogen-bond donors (Lipinski definition) is 1. The molecule has 2 N–H and O–H groups in total. The van der Waals surface area contributed by atoms with Crippen molar-refractivity contribution in [3.8, 4) is 0 Å². The number of anilines is 2. The predicted molar refractivity (Wildman–Crippen MR) is 96.3 cm³/mol. The van der Waals surface area contributed by atoms with Gasteiger partial charge < -0.3 is 15.5 Å². The second kappa shape index (κ2) is 7.18. The monoisotopic (exact) mass is 311 g/mol. The van der Waals surface area contributed by atoms with Crippen molar-refractivity contribution >= 4 is 17.3 Å². The molecule has 4 nitrogen and oxygen atoms in total. The van der Waals surface area contributed by atoms with Gasteiger partial charge in [0.05, 0.1) is 6.04 Å². The van der Waals surface area contributed by atoms with E-state index in [1.54, 1.807) is 6.92 Å². The van der Waals surface area contributed by atoms with Gasteiger partial charge in [0, 0.05) is 38.9 Å². The Kier molecular flexibility index (Phi) is 5.27. The molecule has 4 heteroatoms. The van der Waals surface area contributed by atoms with Gasteiger partial charge in [0.1, 0.15) is 0 Å². The fourth-order valence-corrected chi connectivity index (χ4v) is 2.78. The highest BCUT2D eigenvalue weighted by atomic mass is 16.2. The SMILES string of the molecule is CC(=O)N(Cc1cc(N)ccc1N(C)C)C(C)c1ccccc1. The maximum atomic E-state index is 12.2. The Morgan fingerprint density at radius 2 is 1.78 bits per heavy atom. The van der Waals surface area contributed by atoms with E-state index in [0.29, 0.717) is 12.2 Å². The van der Waals surface area contributed by atoms with Gasteiger partial charge in [-0.1, -0.05) is 30.3 Å². The molecular formula is C19H25N3O. The number of hydrogen-bond acceptors (Lipinski definition) is 3. The third-order valence-electron chi connectivity index (χ3n) is 4.08. The van der Waals surface area contributed by atoms with E-state index >= 15 is 0 Å². The summed E-state index contributed by atoms with van der Waals surface area (Å²) in [6.07, 6.45) is 0. The minimum Gasteiger partial charge on any atom is -0.399 e. The summed E-state index contributed by atoms with van der Waals surface area (Å²) in [6, 6.07) is 15.9. The maximum absolute atomic E-state index is 12.2. The molecule has 1 amide bonds. The predicted octanol–water partition coefficient (Wildman–Crippen LogP) is 3.44. The molecule has 0 aliphatic rings. The average molecular weight is 311 g/mol. The summed E-state index contributed by atoms with van der Waals surface area (Å²) in [5.74, 6) is 0.0495. The van der Waals surface area contributed by atoms with Crippen LogP contribution in [0.15, 0.2) is 48.5 Å². The molecule has 2 aromatic rings. The number of amides is 1. The van der Waals surface area contributed by atoms with Gasteiger partial charge in [-0.05, 0) is 36.2 Å². The van der Waals surface area contributed by atoms with Crippen LogP contribution in [0, 0.1) is 0 Å². The Hall–Kier alpha value is -2.49. The summed E-state index contributed by atoms with van der Waals surface area (Å²) >= 11 is 0. The number of benzene rings is 2. The zero-order chi connectivity index (χ0) is 17.0. The van der Waals surface area contributed by atoms with Crippen molar-refractivity contribution < 1.29 is 4.79 Å². The van der Waals surface area contributed by atoms with E-state index in [2.05, 4.69) is 6.92 Å². The molecule has 0 aliphatic carbocycles. The summed E-state index contributed by atoms with van der Waals surface area (Å²) in [5.41, 5.74) is 9.90. The van der Waals surface area contributed by atoms with Crippen molar-refractivity contribution in [3.05, 3.63) is 59.7 Å². The highest BCUT2D eigenvalue weighted by molar-refractivity contribution is 5.74. The molecule has 2 aromatic carbocycles. The topological polar surface area (TPSA) is 49.6 Å². The normalized spacial score (nSPS) is 11.8. The molecule has 0 saturated carbocycles. The summed E-state index contributed by atoms with van der Waals surface area (Å²) < 4.78 is 0. The Labute approximate surface area is 138 Å². The lowest BCUT2D eigenvalue weighted by Crippen LogP contribution is -2.31. The standard InChI is InChI=1S/C19H25N3O/c1-14(16-8-6-5-7-9-16)22(15(2)23)13-17-12-18(20)10-11-19(17)21(3)4/h5-12,14H,13,20H2,1-4H3. The Morgan fingerprint density at radius 1 is 1.13 bits per heavy atom. The molecule has 23 heavy (non-hydrogen) atoms. The Bertz CT molecular complexity index is 668. The van der Waals surface area contributed by atoms with Gasteiger partial charge in [-0.3, -0.25) is 4.79 Å². The zero-order valence-corrected chi connectivity index (χ0v) is 14.3. The van der Waals surface area contributed by atoms with Gasteiger partial charge in [-0.15, -0.1) is 0 Å². The highest BCUT2D eigenvalue weighted by Crippen LogP contribution is 2.27. The third-order valence-corrected chi connectivity index (χ3v) is 4.08. The third kappa shape index (κ3) is 4.03. The molecule has 1 unspecified atom stereocenters. The first kappa shape index (κ1) is 16.9. The Balaban J connectivity index is 2.34. The quantitative estimate of drug-likeness (QED) is 0.861. The zero-order valence-electron chi connectivity index (χ0n) is 14.3. The fourth-order valence-electron chi connectivity index (χ4n) is 2.78. The number of nitrogens with zero attached hydrogens (tertiary/aromatic N) is 2. The first-order chi connectivity index (χ1) is 10.9. The van der Waals surface area contributed by atoms with Crippen LogP contribution in [0.25, 0.3) is 0 Å². The van der Waals surface area contributed by atoms with Crippen LogP contribution in [0.5, 0.6) is 0 Å². The first-order valence-electron chi connectivity index (χ1n) is 7.78. The number of rotatable bonds is 5. The lowest BCUT2D eigenvalue weighted by atomic mass is 10.0. The van der Waals surface area contributed by atoms with Crippen molar-refractivity contribution in [2.45, 2.75) is 26.4 Å². The number of nitrogens with two attached hydrogens (primary N) is 1. The molecule has 0 spiro atoms. The summed E-state index contributed by atoms with van der Waals surface area (Å²) in [6.45, 7) is 4.20. The van der Waals surface area contributed by atoms with E-state index in [-0.39, 0.29) is 11.9 Å². The average Bonchev–Trinajstić information content (AvgIpc) is 2.52. The molecule has 0 aromatic heterocycles. The number of carbonyl (C=O) groups excluding carboxylic acids is 1. The van der Waals surface area contributed by atoms with Crippen LogP contribution in [0.1, 0.15) is 31.0 Å². The minimum absolute atomic E-state index is 0.00476. The minimum atomic E-state index is 0.00476. The molecule has 2 rings (SSSR count). The van der Waals surface area contributed by atoms with Crippen LogP contribution in [0.2, 0.25) is 0 Å². The molecule has 0 aliphatic heterocycles. The van der Waals surface area contributed by atoms with Crippen LogP contribution in [-0.4, -0.2) is 24.9 Å². The van der Waals surface area contributed by atoms with E-state index in [4.69, 9.17) is 5.73 Å². The van der Waals surface area contributed by atoms with Gasteiger partial charge in [-0.25, -0.2) is 0 Å². The maximum Gasteiger partial charge on any atom is 0.220 e. The van der Waals surface area contributed by atoms with Crippen molar-refractivity contribution in [1.82, 2.24) is 4.90 Å². The molecule has 122 valence electrons. The van der Waals surface area contributed by atoms with Crippen molar-refractivity contribution in [2.24, 2.45) is 0 Å². The molecule has 0 radical (unpaired) electrons. The van der Waals surface area contributed by atoms with E-state index in [1.807, 2.05) is 72.4 Å². The van der Waals surface area contributed by atoms with E-state index in [1.165, 1.54) is 0 Å². The van der Waals surface area contributed by atoms with Crippen LogP contribution in [0.4, 0.5) is 11.4 Å². The molecule has 0 saturated heterocycles. The smallest absolute Gasteiger partial charge is 0.220 e. The summed E-state index contributed by atoms with van der Waals surface area (Å²) in [5, 5.41) is 0. The molecular weight excluding hydrogens is 286 g/mol. The van der Waals surface area contributed by atoms with Gasteiger partial charge in [-0.2, -0.15) is 0 Å². The lowest BCUT2D eigenvalue weighted by molar-refractivity contribution is -0.131.